The number of para-hydroxylation sites is 1. The molecule has 0 spiro atoms. The van der Waals surface area contributed by atoms with Gasteiger partial charge in [0.25, 0.3) is 0 Å². The minimum atomic E-state index is 1.01. The molecule has 1 heterocycles. The van der Waals surface area contributed by atoms with E-state index in [1.807, 2.05) is 0 Å². The van der Waals surface area contributed by atoms with E-state index in [2.05, 4.69) is 118 Å². The molecule has 0 saturated carbocycles. The van der Waals surface area contributed by atoms with E-state index in [1.54, 1.807) is 0 Å². The Labute approximate surface area is 184 Å². The number of aromatic nitrogens is 1. The predicted octanol–water partition coefficient (Wildman–Crippen LogP) is 8.16. The van der Waals surface area contributed by atoms with E-state index in [1.165, 1.54) is 44.3 Å². The van der Waals surface area contributed by atoms with Crippen LogP contribution in [0.2, 0.25) is 0 Å². The first-order chi connectivity index (χ1) is 15.1. The van der Waals surface area contributed by atoms with Crippen LogP contribution in [0.15, 0.2) is 97.1 Å². The van der Waals surface area contributed by atoms with E-state index in [9.17, 15) is 0 Å². The maximum absolute atomic E-state index is 5.04. The average molecular weight is 400 g/mol. The summed E-state index contributed by atoms with van der Waals surface area (Å²) in [6.07, 6.45) is 0. The molecule has 1 heteroatoms. The third-order valence-electron chi connectivity index (χ3n) is 5.93. The molecule has 1 aromatic heterocycles. The Balaban J connectivity index is 1.74. The van der Waals surface area contributed by atoms with E-state index in [0.717, 1.165) is 16.8 Å². The first-order valence-electron chi connectivity index (χ1n) is 10.7. The Hall–Kier alpha value is -3.71. The maximum atomic E-state index is 5.04. The normalized spacial score (nSPS) is 11.1. The maximum Gasteiger partial charge on any atom is 0.0716 e. The molecule has 1 nitrogen and oxygen atoms in total. The standard InChI is InChI=1S/C30H25N/c1-20-16-21(2)30(22(3)17-20)27-19-29(31-28-15-8-7-14-26(27)28)25-13-9-12-24(18-25)23-10-5-4-6-11-23/h4-19H,1-3H3. The highest BCUT2D eigenvalue weighted by atomic mass is 14.7. The van der Waals surface area contributed by atoms with Crippen LogP contribution in [-0.4, -0.2) is 4.98 Å². The van der Waals surface area contributed by atoms with Gasteiger partial charge in [-0.15, -0.1) is 0 Å². The van der Waals surface area contributed by atoms with Gasteiger partial charge >= 0.3 is 0 Å². The van der Waals surface area contributed by atoms with Crippen molar-refractivity contribution in [2.24, 2.45) is 0 Å². The summed E-state index contributed by atoms with van der Waals surface area (Å²) in [5.41, 5.74) is 12.1. The number of nitrogens with zero attached hydrogens (tertiary/aromatic N) is 1. The third-order valence-corrected chi connectivity index (χ3v) is 5.93. The minimum absolute atomic E-state index is 1.01. The summed E-state index contributed by atoms with van der Waals surface area (Å²) in [4.78, 5) is 5.04. The van der Waals surface area contributed by atoms with E-state index in [0.29, 0.717) is 0 Å². The molecular weight excluding hydrogens is 374 g/mol. The molecule has 0 unspecified atom stereocenters. The van der Waals surface area contributed by atoms with E-state index in [-0.39, 0.29) is 0 Å². The zero-order valence-electron chi connectivity index (χ0n) is 18.2. The first-order valence-corrected chi connectivity index (χ1v) is 10.7. The van der Waals surface area contributed by atoms with Crippen molar-refractivity contribution in [3.8, 4) is 33.5 Å². The molecule has 0 atom stereocenters. The second-order valence-electron chi connectivity index (χ2n) is 8.29. The van der Waals surface area contributed by atoms with Gasteiger partial charge in [0.05, 0.1) is 11.2 Å². The van der Waals surface area contributed by atoms with E-state index in [4.69, 9.17) is 4.98 Å². The summed E-state index contributed by atoms with van der Waals surface area (Å²) in [5.74, 6) is 0. The lowest BCUT2D eigenvalue weighted by atomic mass is 9.90. The quantitative estimate of drug-likeness (QED) is 0.298. The molecule has 4 aromatic carbocycles. The van der Waals surface area contributed by atoms with E-state index < -0.39 is 0 Å². The Morgan fingerprint density at radius 1 is 0.548 bits per heavy atom. The zero-order chi connectivity index (χ0) is 21.4. The Kier molecular flexibility index (Phi) is 4.88. The van der Waals surface area contributed by atoms with Crippen molar-refractivity contribution in [2.45, 2.75) is 20.8 Å². The summed E-state index contributed by atoms with van der Waals surface area (Å²) in [7, 11) is 0. The molecule has 0 fully saturated rings. The van der Waals surface area contributed by atoms with Crippen molar-refractivity contribution in [1.29, 1.82) is 0 Å². The molecular formula is C30H25N. The Morgan fingerprint density at radius 3 is 1.97 bits per heavy atom. The number of benzene rings is 4. The van der Waals surface area contributed by atoms with Gasteiger partial charge in [-0.3, -0.25) is 0 Å². The second-order valence-corrected chi connectivity index (χ2v) is 8.29. The van der Waals surface area contributed by atoms with Gasteiger partial charge in [-0.25, -0.2) is 4.98 Å². The predicted molar refractivity (Wildman–Crippen MR) is 132 cm³/mol. The smallest absolute Gasteiger partial charge is 0.0716 e. The molecule has 5 rings (SSSR count). The van der Waals surface area contributed by atoms with Gasteiger partial charge in [0.2, 0.25) is 0 Å². The van der Waals surface area contributed by atoms with Gasteiger partial charge < -0.3 is 0 Å². The van der Waals surface area contributed by atoms with Gasteiger partial charge in [0, 0.05) is 10.9 Å². The van der Waals surface area contributed by atoms with Gasteiger partial charge in [-0.2, -0.15) is 0 Å². The lowest BCUT2D eigenvalue weighted by Gasteiger charge is -2.16. The van der Waals surface area contributed by atoms with Crippen LogP contribution in [0.25, 0.3) is 44.4 Å². The fraction of sp³-hybridized carbons (Fsp3) is 0.100. The van der Waals surface area contributed by atoms with Crippen LogP contribution in [0.4, 0.5) is 0 Å². The number of hydrogen-bond donors (Lipinski definition) is 0. The van der Waals surface area contributed by atoms with Crippen LogP contribution in [0, 0.1) is 20.8 Å². The molecule has 0 N–H and O–H groups in total. The fourth-order valence-corrected chi connectivity index (χ4v) is 4.62. The molecule has 150 valence electrons. The van der Waals surface area contributed by atoms with Gasteiger partial charge in [-0.1, -0.05) is 84.4 Å². The first kappa shape index (κ1) is 19.3. The van der Waals surface area contributed by atoms with Crippen LogP contribution in [0.5, 0.6) is 0 Å². The molecule has 0 radical (unpaired) electrons. The molecule has 0 aliphatic rings. The fourth-order valence-electron chi connectivity index (χ4n) is 4.62. The minimum Gasteiger partial charge on any atom is -0.248 e. The van der Waals surface area contributed by atoms with Crippen LogP contribution < -0.4 is 0 Å². The molecule has 0 aliphatic heterocycles. The Bertz CT molecular complexity index is 1370. The lowest BCUT2D eigenvalue weighted by molar-refractivity contribution is 1.32. The highest BCUT2D eigenvalue weighted by Crippen LogP contribution is 2.36. The Morgan fingerprint density at radius 2 is 1.19 bits per heavy atom. The van der Waals surface area contributed by atoms with Crippen LogP contribution >= 0.6 is 0 Å². The van der Waals surface area contributed by atoms with Crippen molar-refractivity contribution in [3.63, 3.8) is 0 Å². The topological polar surface area (TPSA) is 12.9 Å². The highest BCUT2D eigenvalue weighted by Gasteiger charge is 2.14. The van der Waals surface area contributed by atoms with Crippen molar-refractivity contribution in [2.75, 3.05) is 0 Å². The number of fused-ring (bicyclic) bond motifs is 1. The van der Waals surface area contributed by atoms with Gasteiger partial charge in [0.1, 0.15) is 0 Å². The van der Waals surface area contributed by atoms with Gasteiger partial charge in [0.15, 0.2) is 0 Å². The second kappa shape index (κ2) is 7.85. The van der Waals surface area contributed by atoms with Crippen LogP contribution in [0.1, 0.15) is 16.7 Å². The van der Waals surface area contributed by atoms with E-state index >= 15 is 0 Å². The average Bonchev–Trinajstić information content (AvgIpc) is 2.79. The summed E-state index contributed by atoms with van der Waals surface area (Å²) in [6.45, 7) is 6.58. The number of hydrogen-bond acceptors (Lipinski definition) is 1. The van der Waals surface area contributed by atoms with Gasteiger partial charge in [-0.05, 0) is 72.4 Å². The molecule has 31 heavy (non-hydrogen) atoms. The third kappa shape index (κ3) is 3.64. The number of pyridine rings is 1. The molecule has 5 aromatic rings. The van der Waals surface area contributed by atoms with Crippen LogP contribution in [0.3, 0.4) is 0 Å². The van der Waals surface area contributed by atoms with Crippen LogP contribution in [-0.2, 0) is 0 Å². The van der Waals surface area contributed by atoms with Crippen molar-refractivity contribution in [3.05, 3.63) is 114 Å². The highest BCUT2D eigenvalue weighted by molar-refractivity contribution is 5.98. The van der Waals surface area contributed by atoms with Crippen molar-refractivity contribution < 1.29 is 0 Å². The molecule has 0 bridgehead atoms. The lowest BCUT2D eigenvalue weighted by Crippen LogP contribution is -1.94. The summed E-state index contributed by atoms with van der Waals surface area (Å²) in [6, 6.07) is 34.5. The molecule has 0 amide bonds. The SMILES string of the molecule is Cc1cc(C)c(-c2cc(-c3cccc(-c4ccccc4)c3)nc3ccccc23)c(C)c1. The number of aryl methyl sites for hydroxylation is 3. The monoisotopic (exact) mass is 399 g/mol. The summed E-state index contributed by atoms with van der Waals surface area (Å²) < 4.78 is 0. The van der Waals surface area contributed by atoms with Crippen molar-refractivity contribution in [1.82, 2.24) is 4.98 Å². The molecule has 0 aliphatic carbocycles. The molecule has 0 saturated heterocycles. The largest absolute Gasteiger partial charge is 0.248 e. The summed E-state index contributed by atoms with van der Waals surface area (Å²) >= 11 is 0. The van der Waals surface area contributed by atoms with Crippen molar-refractivity contribution >= 4 is 10.9 Å². The number of rotatable bonds is 3. The summed E-state index contributed by atoms with van der Waals surface area (Å²) in [5, 5.41) is 1.19. The zero-order valence-corrected chi connectivity index (χ0v) is 18.2.